The number of allylic oxidation sites excluding steroid dienone is 2. The minimum atomic E-state index is -1.98. The zero-order valence-corrected chi connectivity index (χ0v) is 18.0. The van der Waals surface area contributed by atoms with E-state index in [1.165, 1.54) is 0 Å². The number of hydrogen-bond donors (Lipinski definition) is 2. The van der Waals surface area contributed by atoms with Gasteiger partial charge in [-0.2, -0.15) is 15.8 Å². The van der Waals surface area contributed by atoms with Crippen LogP contribution in [0.2, 0.25) is 0 Å². The minimum Gasteiger partial charge on any atom is -0.399 e. The highest BCUT2D eigenvalue weighted by molar-refractivity contribution is 6.09. The first kappa shape index (κ1) is 20.8. The molecule has 2 aromatic rings. The SMILES string of the molecule is N#CC1=C(N)C(C#N)(C#N)[C@]2(C(=O)Nc3ccccc32)[C@@H]2CN(Cc3ccccc3)CC[C@@H]12. The first-order chi connectivity index (χ1) is 16.0. The van der Waals surface area contributed by atoms with E-state index in [1.54, 1.807) is 24.3 Å². The number of nitrogens with two attached hydrogens (primary N) is 1. The molecule has 3 aliphatic rings. The van der Waals surface area contributed by atoms with E-state index in [1.807, 2.05) is 30.3 Å². The van der Waals surface area contributed by atoms with Gasteiger partial charge in [-0.1, -0.05) is 48.5 Å². The maximum Gasteiger partial charge on any atom is 0.238 e. The van der Waals surface area contributed by atoms with Crippen molar-refractivity contribution in [3.8, 4) is 18.2 Å². The van der Waals surface area contributed by atoms with Gasteiger partial charge in [0, 0.05) is 30.6 Å². The Morgan fingerprint density at radius 1 is 1.06 bits per heavy atom. The Labute approximate surface area is 192 Å². The number of nitriles is 3. The molecule has 162 valence electrons. The Kier molecular flexibility index (Phi) is 4.71. The number of anilines is 1. The second kappa shape index (κ2) is 7.48. The smallest absolute Gasteiger partial charge is 0.238 e. The summed E-state index contributed by atoms with van der Waals surface area (Å²) < 4.78 is 0. The first-order valence-electron chi connectivity index (χ1n) is 10.9. The summed E-state index contributed by atoms with van der Waals surface area (Å²) >= 11 is 0. The molecule has 3 N–H and O–H groups in total. The number of rotatable bonds is 2. The van der Waals surface area contributed by atoms with Crippen LogP contribution in [0.3, 0.4) is 0 Å². The van der Waals surface area contributed by atoms with Crippen LogP contribution >= 0.6 is 0 Å². The van der Waals surface area contributed by atoms with Crippen LogP contribution in [-0.4, -0.2) is 23.9 Å². The molecule has 0 saturated carbocycles. The number of likely N-dealkylation sites (tertiary alicyclic amines) is 1. The fourth-order valence-corrected chi connectivity index (χ4v) is 6.17. The predicted octanol–water partition coefficient (Wildman–Crippen LogP) is 2.80. The van der Waals surface area contributed by atoms with Gasteiger partial charge in [0.25, 0.3) is 0 Å². The maximum atomic E-state index is 13.8. The number of benzene rings is 2. The van der Waals surface area contributed by atoms with Gasteiger partial charge in [0.05, 0.1) is 29.5 Å². The van der Waals surface area contributed by atoms with Crippen molar-refractivity contribution in [2.45, 2.75) is 18.4 Å². The van der Waals surface area contributed by atoms with Crippen molar-refractivity contribution in [2.75, 3.05) is 18.4 Å². The lowest BCUT2D eigenvalue weighted by Crippen LogP contribution is -2.65. The second-order valence-corrected chi connectivity index (χ2v) is 8.94. The molecule has 1 fully saturated rings. The molecule has 33 heavy (non-hydrogen) atoms. The Hall–Kier alpha value is -4.12. The van der Waals surface area contributed by atoms with Crippen LogP contribution in [0.25, 0.3) is 0 Å². The summed E-state index contributed by atoms with van der Waals surface area (Å²) in [5, 5.41) is 33.7. The predicted molar refractivity (Wildman–Crippen MR) is 121 cm³/mol. The van der Waals surface area contributed by atoms with Crippen LogP contribution in [0.5, 0.6) is 0 Å². The number of amides is 1. The van der Waals surface area contributed by atoms with Crippen molar-refractivity contribution in [3.05, 3.63) is 77.0 Å². The second-order valence-electron chi connectivity index (χ2n) is 8.94. The third kappa shape index (κ3) is 2.59. The Bertz CT molecular complexity index is 1280. The summed E-state index contributed by atoms with van der Waals surface area (Å²) in [7, 11) is 0. The molecule has 0 radical (unpaired) electrons. The highest BCUT2D eigenvalue weighted by atomic mass is 16.2. The molecule has 0 unspecified atom stereocenters. The molecule has 5 rings (SSSR count). The molecule has 1 aliphatic carbocycles. The third-order valence-corrected chi connectivity index (χ3v) is 7.57. The van der Waals surface area contributed by atoms with E-state index in [0.717, 1.165) is 12.1 Å². The zero-order chi connectivity index (χ0) is 23.2. The lowest BCUT2D eigenvalue weighted by atomic mass is 9.46. The van der Waals surface area contributed by atoms with Crippen LogP contribution in [0.4, 0.5) is 5.69 Å². The van der Waals surface area contributed by atoms with E-state index in [2.05, 4.69) is 28.4 Å². The molecular weight excluding hydrogens is 412 g/mol. The lowest BCUT2D eigenvalue weighted by Gasteiger charge is -2.54. The minimum absolute atomic E-state index is 0.0837. The first-order valence-corrected chi connectivity index (χ1v) is 10.9. The number of fused-ring (bicyclic) bond motifs is 4. The molecule has 1 spiro atoms. The van der Waals surface area contributed by atoms with Crippen molar-refractivity contribution >= 4 is 11.6 Å². The zero-order valence-electron chi connectivity index (χ0n) is 18.0. The topological polar surface area (TPSA) is 130 Å². The highest BCUT2D eigenvalue weighted by Gasteiger charge is 2.72. The summed E-state index contributed by atoms with van der Waals surface area (Å²) in [5.41, 5.74) is 5.48. The van der Waals surface area contributed by atoms with Gasteiger partial charge in [-0.3, -0.25) is 9.69 Å². The van der Waals surface area contributed by atoms with E-state index in [0.29, 0.717) is 30.8 Å². The normalized spacial score (nSPS) is 27.6. The third-order valence-electron chi connectivity index (χ3n) is 7.57. The molecule has 2 aliphatic heterocycles. The van der Waals surface area contributed by atoms with Crippen molar-refractivity contribution < 1.29 is 4.79 Å². The van der Waals surface area contributed by atoms with E-state index >= 15 is 0 Å². The van der Waals surface area contributed by atoms with Crippen molar-refractivity contribution in [2.24, 2.45) is 23.0 Å². The number of hydrogen-bond acceptors (Lipinski definition) is 6. The number of nitrogens with one attached hydrogen (secondary N) is 1. The number of para-hydroxylation sites is 1. The highest BCUT2D eigenvalue weighted by Crippen LogP contribution is 2.62. The molecule has 0 aromatic heterocycles. The molecule has 1 amide bonds. The molecular formula is C26H22N6O. The van der Waals surface area contributed by atoms with Gasteiger partial charge in [-0.05, 0) is 30.2 Å². The fourth-order valence-electron chi connectivity index (χ4n) is 6.17. The van der Waals surface area contributed by atoms with E-state index < -0.39 is 22.7 Å². The number of piperidine rings is 1. The summed E-state index contributed by atoms with van der Waals surface area (Å²) in [6.45, 7) is 1.86. The van der Waals surface area contributed by atoms with Gasteiger partial charge in [0.1, 0.15) is 5.41 Å². The van der Waals surface area contributed by atoms with E-state index in [-0.39, 0.29) is 17.2 Å². The van der Waals surface area contributed by atoms with Gasteiger partial charge in [0.2, 0.25) is 11.3 Å². The Morgan fingerprint density at radius 2 is 1.76 bits per heavy atom. The quantitative estimate of drug-likeness (QED) is 0.747. The number of carbonyl (C=O) groups is 1. The molecule has 1 saturated heterocycles. The summed E-state index contributed by atoms with van der Waals surface area (Å²) in [6, 6.07) is 23.6. The van der Waals surface area contributed by atoms with Gasteiger partial charge in [-0.25, -0.2) is 0 Å². The molecule has 2 aromatic carbocycles. The largest absolute Gasteiger partial charge is 0.399 e. The molecule has 7 heteroatoms. The average Bonchev–Trinajstić information content (AvgIpc) is 3.14. The van der Waals surface area contributed by atoms with Gasteiger partial charge in [0.15, 0.2) is 0 Å². The maximum absolute atomic E-state index is 13.8. The Balaban J connectivity index is 1.73. The molecule has 2 heterocycles. The summed E-state index contributed by atoms with van der Waals surface area (Å²) in [5.74, 6) is -1.17. The lowest BCUT2D eigenvalue weighted by molar-refractivity contribution is -0.128. The summed E-state index contributed by atoms with van der Waals surface area (Å²) in [4.78, 5) is 16.0. The average molecular weight is 435 g/mol. The fraction of sp³-hybridized carbons (Fsp3) is 0.308. The van der Waals surface area contributed by atoms with Gasteiger partial charge < -0.3 is 11.1 Å². The van der Waals surface area contributed by atoms with E-state index in [4.69, 9.17) is 5.73 Å². The molecule has 7 nitrogen and oxygen atoms in total. The van der Waals surface area contributed by atoms with Crippen LogP contribution in [0, 0.1) is 51.2 Å². The van der Waals surface area contributed by atoms with Crippen LogP contribution in [0.1, 0.15) is 17.5 Å². The van der Waals surface area contributed by atoms with Crippen molar-refractivity contribution in [1.82, 2.24) is 4.90 Å². The van der Waals surface area contributed by atoms with Crippen LogP contribution in [-0.2, 0) is 16.8 Å². The number of nitrogens with zero attached hydrogens (tertiary/aromatic N) is 4. The van der Waals surface area contributed by atoms with Crippen molar-refractivity contribution in [1.29, 1.82) is 15.8 Å². The molecule has 0 bridgehead atoms. The monoisotopic (exact) mass is 434 g/mol. The van der Waals surface area contributed by atoms with E-state index in [9.17, 15) is 20.6 Å². The van der Waals surface area contributed by atoms with Gasteiger partial charge >= 0.3 is 0 Å². The number of carbonyl (C=O) groups excluding carboxylic acids is 1. The van der Waals surface area contributed by atoms with Gasteiger partial charge in [-0.15, -0.1) is 0 Å². The molecule has 3 atom stereocenters. The van der Waals surface area contributed by atoms with Crippen molar-refractivity contribution in [3.63, 3.8) is 0 Å². The standard InChI is InChI=1S/C26H22N6O/c27-12-19-18-10-11-32(13-17-6-2-1-3-7-17)14-21(18)26(25(15-28,16-29)23(19)30)20-8-4-5-9-22(20)31-24(26)33/h1-9,18,21H,10-11,13-14,30H2,(H,31,33)/t18-,21+,26-/m0/s1. The Morgan fingerprint density at radius 3 is 2.45 bits per heavy atom. The summed E-state index contributed by atoms with van der Waals surface area (Å²) in [6.07, 6.45) is 0.616. The van der Waals surface area contributed by atoms with Crippen LogP contribution in [0.15, 0.2) is 65.9 Å². The van der Waals surface area contributed by atoms with Crippen LogP contribution < -0.4 is 11.1 Å².